The van der Waals surface area contributed by atoms with Gasteiger partial charge in [0.2, 0.25) is 0 Å². The van der Waals surface area contributed by atoms with E-state index in [1.807, 2.05) is 35.3 Å². The molecule has 5 rings (SSSR count). The van der Waals surface area contributed by atoms with Crippen LogP contribution in [0.3, 0.4) is 0 Å². The number of rotatable bonds is 6. The molecule has 0 unspecified atom stereocenters. The summed E-state index contributed by atoms with van der Waals surface area (Å²) >= 11 is 6.28. The van der Waals surface area contributed by atoms with E-state index in [4.69, 9.17) is 11.6 Å². The fourth-order valence-corrected chi connectivity index (χ4v) is 4.29. The molecular weight excluding hydrogens is 481 g/mol. The van der Waals surface area contributed by atoms with Crippen LogP contribution in [0.15, 0.2) is 79.0 Å². The van der Waals surface area contributed by atoms with Gasteiger partial charge in [-0.05, 0) is 67.4 Å². The lowest BCUT2D eigenvalue weighted by Crippen LogP contribution is -2.40. The van der Waals surface area contributed by atoms with Crippen molar-refractivity contribution in [3.8, 4) is 16.9 Å². The molecule has 3 aromatic carbocycles. The van der Waals surface area contributed by atoms with Crippen molar-refractivity contribution in [3.63, 3.8) is 0 Å². The molecule has 4 aromatic rings. The second-order valence-corrected chi connectivity index (χ2v) is 8.87. The first-order valence-electron chi connectivity index (χ1n) is 11.6. The van der Waals surface area contributed by atoms with Gasteiger partial charge in [-0.25, -0.2) is 14.1 Å². The number of hydrogen-bond donors (Lipinski definition) is 2. The highest BCUT2D eigenvalue weighted by atomic mass is 35.5. The van der Waals surface area contributed by atoms with Crippen LogP contribution < -0.4 is 10.7 Å². The summed E-state index contributed by atoms with van der Waals surface area (Å²) in [4.78, 5) is 26.1. The largest absolute Gasteiger partial charge is 0.322 e. The van der Waals surface area contributed by atoms with Crippen LogP contribution in [0, 0.1) is 5.82 Å². The minimum absolute atomic E-state index is 0.264. The van der Waals surface area contributed by atoms with Gasteiger partial charge >= 0.3 is 0 Å². The Kier molecular flexibility index (Phi) is 6.79. The lowest BCUT2D eigenvalue weighted by atomic mass is 10.1. The average Bonchev–Trinajstić information content (AvgIpc) is 3.57. The molecule has 1 fully saturated rings. The molecule has 1 saturated heterocycles. The molecule has 1 aromatic heterocycles. The summed E-state index contributed by atoms with van der Waals surface area (Å²) in [6, 6.07) is 19.9. The van der Waals surface area contributed by atoms with E-state index in [1.54, 1.807) is 41.2 Å². The maximum Gasteiger partial charge on any atom is 0.267 e. The fourth-order valence-electron chi connectivity index (χ4n) is 4.08. The molecule has 0 bridgehead atoms. The Morgan fingerprint density at radius 2 is 1.61 bits per heavy atom. The van der Waals surface area contributed by atoms with Gasteiger partial charge in [0, 0.05) is 30.5 Å². The highest BCUT2D eigenvalue weighted by Gasteiger charge is 2.21. The summed E-state index contributed by atoms with van der Waals surface area (Å²) in [5, 5.41) is 9.59. The molecule has 0 spiro atoms. The first kappa shape index (κ1) is 23.7. The molecule has 9 heteroatoms. The molecule has 0 saturated carbocycles. The number of nitrogens with one attached hydrogen (secondary N) is 2. The van der Waals surface area contributed by atoms with Crippen molar-refractivity contribution >= 4 is 29.1 Å². The molecule has 1 aliphatic rings. The van der Waals surface area contributed by atoms with Gasteiger partial charge in [0.1, 0.15) is 11.5 Å². The molecule has 2 N–H and O–H groups in total. The Balaban J connectivity index is 1.44. The van der Waals surface area contributed by atoms with Crippen LogP contribution in [0.4, 0.5) is 10.1 Å². The summed E-state index contributed by atoms with van der Waals surface area (Å²) < 4.78 is 15.1. The van der Waals surface area contributed by atoms with Crippen LogP contribution in [0.5, 0.6) is 0 Å². The van der Waals surface area contributed by atoms with Gasteiger partial charge in [0.15, 0.2) is 0 Å². The maximum atomic E-state index is 13.5. The Bertz CT molecular complexity index is 1400. The second-order valence-electron chi connectivity index (χ2n) is 8.46. The Morgan fingerprint density at radius 3 is 2.33 bits per heavy atom. The molecular formula is C27H23ClFN5O2. The van der Waals surface area contributed by atoms with Crippen LogP contribution in [-0.4, -0.2) is 39.7 Å². The topological polar surface area (TPSA) is 79.3 Å². The lowest BCUT2D eigenvalue weighted by molar-refractivity contribution is 0.0825. The standard InChI is InChI=1S/C27H23ClFN5O2/c28-24-13-12-20(16-22(24)27(36)32-33-14-4-5-15-33)30-26(35)23-17-34(21-6-2-1-3-7-21)31-25(23)18-8-10-19(29)11-9-18/h1-3,6-13,16-17H,4-5,14-15H2,(H,30,35)(H,32,36). The van der Waals surface area contributed by atoms with Crippen molar-refractivity contribution in [2.75, 3.05) is 18.4 Å². The van der Waals surface area contributed by atoms with E-state index in [1.165, 1.54) is 12.1 Å². The number of nitrogens with zero attached hydrogens (tertiary/aromatic N) is 3. The lowest BCUT2D eigenvalue weighted by Gasteiger charge is -2.17. The van der Waals surface area contributed by atoms with Gasteiger partial charge in [-0.3, -0.25) is 15.0 Å². The average molecular weight is 504 g/mol. The molecule has 1 aliphatic heterocycles. The first-order valence-corrected chi connectivity index (χ1v) is 11.9. The molecule has 7 nitrogen and oxygen atoms in total. The molecule has 182 valence electrons. The Morgan fingerprint density at radius 1 is 0.889 bits per heavy atom. The van der Waals surface area contributed by atoms with Crippen molar-refractivity contribution in [3.05, 3.63) is 101 Å². The van der Waals surface area contributed by atoms with E-state index in [-0.39, 0.29) is 22.3 Å². The number of hydrazine groups is 1. The third-order valence-electron chi connectivity index (χ3n) is 5.93. The van der Waals surface area contributed by atoms with E-state index < -0.39 is 5.91 Å². The zero-order valence-electron chi connectivity index (χ0n) is 19.2. The monoisotopic (exact) mass is 503 g/mol. The molecule has 0 atom stereocenters. The van der Waals surface area contributed by atoms with Crippen molar-refractivity contribution in [1.82, 2.24) is 20.2 Å². The highest BCUT2D eigenvalue weighted by molar-refractivity contribution is 6.34. The predicted octanol–water partition coefficient (Wildman–Crippen LogP) is 5.32. The van der Waals surface area contributed by atoms with Gasteiger partial charge < -0.3 is 5.32 Å². The van der Waals surface area contributed by atoms with Crippen LogP contribution in [0.1, 0.15) is 33.6 Å². The van der Waals surface area contributed by atoms with Gasteiger partial charge in [0.05, 0.1) is 21.8 Å². The summed E-state index contributed by atoms with van der Waals surface area (Å²) in [5.41, 5.74) is 5.59. The third kappa shape index (κ3) is 5.15. The van der Waals surface area contributed by atoms with Gasteiger partial charge in [-0.15, -0.1) is 0 Å². The van der Waals surface area contributed by atoms with Crippen molar-refractivity contribution in [2.24, 2.45) is 0 Å². The van der Waals surface area contributed by atoms with Crippen molar-refractivity contribution in [2.45, 2.75) is 12.8 Å². The van der Waals surface area contributed by atoms with Crippen LogP contribution in [0.25, 0.3) is 16.9 Å². The van der Waals surface area contributed by atoms with E-state index >= 15 is 0 Å². The number of carbonyl (C=O) groups is 2. The zero-order chi connectivity index (χ0) is 25.1. The van der Waals surface area contributed by atoms with E-state index in [0.29, 0.717) is 22.5 Å². The van der Waals surface area contributed by atoms with E-state index in [0.717, 1.165) is 31.6 Å². The maximum absolute atomic E-state index is 13.5. The van der Waals surface area contributed by atoms with Crippen molar-refractivity contribution in [1.29, 1.82) is 0 Å². The number of benzene rings is 3. The van der Waals surface area contributed by atoms with Crippen LogP contribution in [-0.2, 0) is 0 Å². The third-order valence-corrected chi connectivity index (χ3v) is 6.26. The fraction of sp³-hybridized carbons (Fsp3) is 0.148. The number of halogens is 2. The van der Waals surface area contributed by atoms with Gasteiger partial charge in [-0.2, -0.15) is 5.10 Å². The summed E-state index contributed by atoms with van der Waals surface area (Å²) in [6.45, 7) is 1.58. The Hall–Kier alpha value is -4.01. The Labute approximate surface area is 212 Å². The number of anilines is 1. The quantitative estimate of drug-likeness (QED) is 0.373. The molecule has 36 heavy (non-hydrogen) atoms. The molecule has 2 heterocycles. The number of carbonyl (C=O) groups excluding carboxylic acids is 2. The number of aromatic nitrogens is 2. The normalized spacial score (nSPS) is 13.5. The minimum atomic E-state index is -0.426. The minimum Gasteiger partial charge on any atom is -0.322 e. The second kappa shape index (κ2) is 10.3. The molecule has 0 aliphatic carbocycles. The van der Waals surface area contributed by atoms with Crippen LogP contribution in [0.2, 0.25) is 5.02 Å². The molecule has 0 radical (unpaired) electrons. The zero-order valence-corrected chi connectivity index (χ0v) is 20.0. The van der Waals surface area contributed by atoms with Crippen LogP contribution >= 0.6 is 11.6 Å². The van der Waals surface area contributed by atoms with Crippen molar-refractivity contribution < 1.29 is 14.0 Å². The molecule has 2 amide bonds. The number of amides is 2. The van der Waals surface area contributed by atoms with E-state index in [2.05, 4.69) is 15.8 Å². The highest BCUT2D eigenvalue weighted by Crippen LogP contribution is 2.26. The van der Waals surface area contributed by atoms with E-state index in [9.17, 15) is 14.0 Å². The van der Waals surface area contributed by atoms with Gasteiger partial charge in [0.25, 0.3) is 11.8 Å². The first-order chi connectivity index (χ1) is 17.5. The summed E-state index contributed by atoms with van der Waals surface area (Å²) in [6.07, 6.45) is 3.68. The smallest absolute Gasteiger partial charge is 0.267 e. The predicted molar refractivity (Wildman–Crippen MR) is 137 cm³/mol. The summed E-state index contributed by atoms with van der Waals surface area (Å²) in [7, 11) is 0. The number of para-hydroxylation sites is 1. The summed E-state index contributed by atoms with van der Waals surface area (Å²) in [5.74, 6) is -1.14. The SMILES string of the molecule is O=C(NN1CCCC1)c1cc(NC(=O)c2cn(-c3ccccc3)nc2-c2ccc(F)cc2)ccc1Cl. The number of hydrogen-bond acceptors (Lipinski definition) is 4. The van der Waals surface area contributed by atoms with Gasteiger partial charge in [-0.1, -0.05) is 29.8 Å².